The van der Waals surface area contributed by atoms with E-state index in [-0.39, 0.29) is 6.29 Å². The van der Waals surface area contributed by atoms with Crippen LogP contribution in [0.15, 0.2) is 0 Å². The highest BCUT2D eigenvalue weighted by Gasteiger charge is 2.31. The van der Waals surface area contributed by atoms with Gasteiger partial charge in [-0.2, -0.15) is 18.2 Å². The van der Waals surface area contributed by atoms with Crippen molar-refractivity contribution in [3.05, 3.63) is 0 Å². The van der Waals surface area contributed by atoms with Crippen molar-refractivity contribution < 1.29 is 42.5 Å². The first-order chi connectivity index (χ1) is 7.72. The monoisotopic (exact) mass is 275 g/mol. The summed E-state index contributed by atoms with van der Waals surface area (Å²) in [5.41, 5.74) is 1.46. The van der Waals surface area contributed by atoms with E-state index in [9.17, 15) is 23.4 Å². The quantitative estimate of drug-likeness (QED) is 0.145. The number of carbonyl (C=O) groups excluding carboxylic acids is 1. The molecule has 0 heterocycles. The van der Waals surface area contributed by atoms with Crippen molar-refractivity contribution in [2.75, 3.05) is 6.61 Å². The Morgan fingerprint density at radius 1 is 1.24 bits per heavy atom. The Morgan fingerprint density at radius 2 is 1.76 bits per heavy atom. The molecule has 0 saturated heterocycles. The second kappa shape index (κ2) is 6.93. The molecular formula is C6H13NO9S. The van der Waals surface area contributed by atoms with Crippen LogP contribution in [-0.2, 0) is 19.5 Å². The van der Waals surface area contributed by atoms with Gasteiger partial charge >= 0.3 is 10.4 Å². The predicted octanol–water partition coefficient (Wildman–Crippen LogP) is -4.05. The lowest BCUT2D eigenvalue weighted by Crippen LogP contribution is -2.52. The standard InChI is InChI=1S/C6H13NO9S/c8-1-3(7-16-17(13,14)15)5(11)6(12)4(10)2-9/h1,3-7,9-12H,2H2,(H,13,14,15)/t3-,4+,5+,6-/m0/s1. The molecule has 6 N–H and O–H groups in total. The Labute approximate surface area is 96.4 Å². The van der Waals surface area contributed by atoms with E-state index in [1.807, 2.05) is 0 Å². The molecule has 10 nitrogen and oxygen atoms in total. The zero-order chi connectivity index (χ0) is 13.6. The highest BCUT2D eigenvalue weighted by molar-refractivity contribution is 7.80. The average molecular weight is 275 g/mol. The van der Waals surface area contributed by atoms with Crippen LogP contribution in [0.3, 0.4) is 0 Å². The summed E-state index contributed by atoms with van der Waals surface area (Å²) in [5, 5.41) is 35.9. The molecule has 0 radical (unpaired) electrons. The fourth-order valence-corrected chi connectivity index (χ4v) is 1.08. The molecule has 0 spiro atoms. The van der Waals surface area contributed by atoms with Crippen molar-refractivity contribution in [3.8, 4) is 0 Å². The Kier molecular flexibility index (Phi) is 6.66. The summed E-state index contributed by atoms with van der Waals surface area (Å²) in [6.07, 6.45) is -5.65. The van der Waals surface area contributed by atoms with Crippen molar-refractivity contribution in [2.45, 2.75) is 24.4 Å². The maximum Gasteiger partial charge on any atom is 0.413 e. The number of hydrogen-bond donors (Lipinski definition) is 6. The molecule has 0 fully saturated rings. The molecule has 0 bridgehead atoms. The van der Waals surface area contributed by atoms with Crippen LogP contribution in [0, 0.1) is 0 Å². The molecule has 102 valence electrons. The van der Waals surface area contributed by atoms with Gasteiger partial charge in [0.05, 0.1) is 6.61 Å². The van der Waals surface area contributed by atoms with Crippen LogP contribution in [-0.4, -0.2) is 70.6 Å². The fourth-order valence-electron chi connectivity index (χ4n) is 0.842. The molecule has 17 heavy (non-hydrogen) atoms. The summed E-state index contributed by atoms with van der Waals surface area (Å²) < 4.78 is 32.1. The van der Waals surface area contributed by atoms with Crippen LogP contribution in [0.5, 0.6) is 0 Å². The van der Waals surface area contributed by atoms with Gasteiger partial charge in [-0.3, -0.25) is 4.55 Å². The van der Waals surface area contributed by atoms with E-state index in [1.54, 1.807) is 0 Å². The van der Waals surface area contributed by atoms with Crippen molar-refractivity contribution in [2.24, 2.45) is 0 Å². The van der Waals surface area contributed by atoms with Gasteiger partial charge in [0.1, 0.15) is 30.6 Å². The van der Waals surface area contributed by atoms with Crippen molar-refractivity contribution >= 4 is 16.7 Å². The molecule has 0 aliphatic carbocycles. The lowest BCUT2D eigenvalue weighted by atomic mass is 10.0. The minimum Gasteiger partial charge on any atom is -0.394 e. The van der Waals surface area contributed by atoms with Crippen molar-refractivity contribution in [1.82, 2.24) is 5.48 Å². The highest BCUT2D eigenvalue weighted by Crippen LogP contribution is 2.04. The molecule has 0 rings (SSSR count). The number of hydroxylamine groups is 1. The molecule has 0 aliphatic heterocycles. The van der Waals surface area contributed by atoms with Gasteiger partial charge in [-0.05, 0) is 0 Å². The van der Waals surface area contributed by atoms with Crippen LogP contribution in [0.2, 0.25) is 0 Å². The van der Waals surface area contributed by atoms with Gasteiger partial charge in [0, 0.05) is 0 Å². The first-order valence-electron chi connectivity index (χ1n) is 4.24. The molecule has 0 aromatic heterocycles. The summed E-state index contributed by atoms with van der Waals surface area (Å²) in [5.74, 6) is 0. The molecule has 0 unspecified atom stereocenters. The van der Waals surface area contributed by atoms with Crippen LogP contribution in [0.4, 0.5) is 0 Å². The number of aliphatic hydroxyl groups is 4. The second-order valence-corrected chi connectivity index (χ2v) is 4.04. The van der Waals surface area contributed by atoms with E-state index in [4.69, 9.17) is 14.8 Å². The zero-order valence-electron chi connectivity index (χ0n) is 8.37. The maximum absolute atomic E-state index is 10.4. The van der Waals surface area contributed by atoms with E-state index < -0.39 is 41.4 Å². The molecule has 0 amide bonds. The lowest BCUT2D eigenvalue weighted by molar-refractivity contribution is -0.125. The topological polar surface area (TPSA) is 174 Å². The number of carbonyl (C=O) groups is 1. The van der Waals surface area contributed by atoms with E-state index in [1.165, 1.54) is 5.48 Å². The maximum atomic E-state index is 10.4. The number of rotatable bonds is 8. The Hall–Kier alpha value is -0.660. The van der Waals surface area contributed by atoms with Gasteiger partial charge in [0.25, 0.3) is 0 Å². The van der Waals surface area contributed by atoms with Crippen LogP contribution < -0.4 is 5.48 Å². The molecule has 0 aromatic rings. The van der Waals surface area contributed by atoms with Crippen molar-refractivity contribution in [3.63, 3.8) is 0 Å². The molecular weight excluding hydrogens is 262 g/mol. The Bertz CT molecular complexity index is 330. The minimum atomic E-state index is -4.89. The number of aliphatic hydroxyl groups excluding tert-OH is 4. The minimum absolute atomic E-state index is 0.0246. The number of aldehydes is 1. The lowest BCUT2D eigenvalue weighted by Gasteiger charge is -2.25. The predicted molar refractivity (Wildman–Crippen MR) is 50.7 cm³/mol. The van der Waals surface area contributed by atoms with Gasteiger partial charge < -0.3 is 25.2 Å². The first-order valence-corrected chi connectivity index (χ1v) is 5.61. The SMILES string of the molecule is O=C[C@H](NOS(=O)(=O)O)[C@@H](O)[C@@H](O)[C@H](O)CO. The van der Waals surface area contributed by atoms with Crippen LogP contribution in [0.1, 0.15) is 0 Å². The molecule has 0 aliphatic rings. The first kappa shape index (κ1) is 16.3. The number of hydrogen-bond acceptors (Lipinski definition) is 9. The normalized spacial score (nSPS) is 19.4. The summed E-state index contributed by atoms with van der Waals surface area (Å²) in [6, 6.07) is -1.74. The van der Waals surface area contributed by atoms with Gasteiger partial charge in [-0.15, -0.1) is 0 Å². The molecule has 0 aromatic carbocycles. The third-order valence-electron chi connectivity index (χ3n) is 1.74. The smallest absolute Gasteiger partial charge is 0.394 e. The Morgan fingerprint density at radius 3 is 2.12 bits per heavy atom. The fraction of sp³-hybridized carbons (Fsp3) is 0.833. The zero-order valence-corrected chi connectivity index (χ0v) is 9.19. The second-order valence-electron chi connectivity index (χ2n) is 3.02. The van der Waals surface area contributed by atoms with Gasteiger partial charge in [-0.1, -0.05) is 0 Å². The molecule has 11 heteroatoms. The van der Waals surface area contributed by atoms with E-state index in [2.05, 4.69) is 4.28 Å². The molecule has 0 saturated carbocycles. The van der Waals surface area contributed by atoms with Crippen LogP contribution in [0.25, 0.3) is 0 Å². The highest BCUT2D eigenvalue weighted by atomic mass is 32.3. The summed E-state index contributed by atoms with van der Waals surface area (Å²) >= 11 is 0. The van der Waals surface area contributed by atoms with Gasteiger partial charge in [-0.25, -0.2) is 0 Å². The number of nitrogens with one attached hydrogen (secondary N) is 1. The summed E-state index contributed by atoms with van der Waals surface area (Å²) in [4.78, 5) is 10.4. The van der Waals surface area contributed by atoms with E-state index in [0.717, 1.165) is 0 Å². The third kappa shape index (κ3) is 5.99. The molecule has 4 atom stereocenters. The van der Waals surface area contributed by atoms with Crippen molar-refractivity contribution in [1.29, 1.82) is 0 Å². The van der Waals surface area contributed by atoms with Gasteiger partial charge in [0.15, 0.2) is 0 Å². The average Bonchev–Trinajstić information content (AvgIpc) is 2.25. The largest absolute Gasteiger partial charge is 0.413 e. The third-order valence-corrected chi connectivity index (χ3v) is 2.04. The summed E-state index contributed by atoms with van der Waals surface area (Å²) in [7, 11) is -4.89. The van der Waals surface area contributed by atoms with E-state index in [0.29, 0.717) is 0 Å². The van der Waals surface area contributed by atoms with Gasteiger partial charge in [0.2, 0.25) is 0 Å². The van der Waals surface area contributed by atoms with Crippen LogP contribution >= 0.6 is 0 Å². The Balaban J connectivity index is 4.50. The summed E-state index contributed by atoms with van der Waals surface area (Å²) in [6.45, 7) is -0.886. The van der Waals surface area contributed by atoms with E-state index >= 15 is 0 Å².